The van der Waals surface area contributed by atoms with Crippen LogP contribution < -0.4 is 5.32 Å². The monoisotopic (exact) mass is 376 g/mol. The minimum Gasteiger partial charge on any atom is -0.368 e. The predicted octanol–water partition coefficient (Wildman–Crippen LogP) is 6.00. The first-order valence-electron chi connectivity index (χ1n) is 10.1. The van der Waals surface area contributed by atoms with Crippen molar-refractivity contribution in [3.63, 3.8) is 0 Å². The van der Waals surface area contributed by atoms with Gasteiger partial charge in [0.05, 0.1) is 16.7 Å². The smallest absolute Gasteiger partial charge is 0.0895 e. The summed E-state index contributed by atoms with van der Waals surface area (Å²) in [6.45, 7) is 4.58. The van der Waals surface area contributed by atoms with Crippen molar-refractivity contribution >= 4 is 17.5 Å². The number of benzene rings is 1. The Hall–Kier alpha value is -2.00. The van der Waals surface area contributed by atoms with E-state index in [1.54, 1.807) is 0 Å². The quantitative estimate of drug-likeness (QED) is 0.681. The van der Waals surface area contributed by atoms with E-state index in [0.29, 0.717) is 0 Å². The Kier molecular flexibility index (Phi) is 5.14. The number of aliphatic imine (C=N–C) groups is 1. The Morgan fingerprint density at radius 1 is 1.19 bits per heavy atom. The molecule has 1 aliphatic carbocycles. The van der Waals surface area contributed by atoms with Gasteiger partial charge in [-0.1, -0.05) is 75.2 Å². The van der Waals surface area contributed by atoms with Crippen molar-refractivity contribution in [1.82, 2.24) is 5.32 Å². The molecule has 0 radical (unpaired) electrons. The van der Waals surface area contributed by atoms with Crippen molar-refractivity contribution in [2.75, 3.05) is 5.75 Å². The molecular formula is C24H28N2S. The second-order valence-electron chi connectivity index (χ2n) is 7.59. The standard InChI is InChI=1S/C24H28N2S/c1-3-5-14-23(4-2)18-27-21-13-9-12-20-17-25-16-15-24(20,21)22(26-23)19-10-7-6-8-11-19/h6-13,15-17,25H,3-5,14,18H2,1-2H3. The molecule has 3 aliphatic rings. The zero-order chi connectivity index (χ0) is 18.7. The van der Waals surface area contributed by atoms with Gasteiger partial charge in [0.2, 0.25) is 0 Å². The van der Waals surface area contributed by atoms with E-state index in [9.17, 15) is 0 Å². The second kappa shape index (κ2) is 7.55. The molecule has 27 heavy (non-hydrogen) atoms. The van der Waals surface area contributed by atoms with Crippen LogP contribution in [0, 0.1) is 5.41 Å². The SMILES string of the molecule is CCCCC1(CC)CSC2=CC=CC3=CNC=CC32C(c2ccccc2)=N1. The van der Waals surface area contributed by atoms with E-state index in [1.165, 1.54) is 34.6 Å². The van der Waals surface area contributed by atoms with E-state index in [0.717, 1.165) is 18.6 Å². The summed E-state index contributed by atoms with van der Waals surface area (Å²) in [6, 6.07) is 10.8. The fraction of sp³-hybridized carbons (Fsp3) is 0.375. The molecule has 1 spiro atoms. The number of allylic oxidation sites excluding steroid dienone is 6. The van der Waals surface area contributed by atoms with Gasteiger partial charge in [-0.25, -0.2) is 0 Å². The number of unbranched alkanes of at least 4 members (excludes halogenated alkanes) is 1. The summed E-state index contributed by atoms with van der Waals surface area (Å²) in [4.78, 5) is 6.99. The number of nitrogens with one attached hydrogen (secondary N) is 1. The van der Waals surface area contributed by atoms with Gasteiger partial charge in [0.1, 0.15) is 0 Å². The van der Waals surface area contributed by atoms with Crippen LogP contribution in [0.3, 0.4) is 0 Å². The van der Waals surface area contributed by atoms with Crippen LogP contribution in [0.15, 0.2) is 82.5 Å². The van der Waals surface area contributed by atoms with Crippen molar-refractivity contribution in [1.29, 1.82) is 0 Å². The molecule has 1 aromatic rings. The van der Waals surface area contributed by atoms with Crippen LogP contribution in [-0.2, 0) is 0 Å². The van der Waals surface area contributed by atoms with Crippen LogP contribution in [0.2, 0.25) is 0 Å². The van der Waals surface area contributed by atoms with Gasteiger partial charge in [0.15, 0.2) is 0 Å². The molecule has 2 unspecified atom stereocenters. The van der Waals surface area contributed by atoms with Crippen molar-refractivity contribution < 1.29 is 0 Å². The molecule has 0 amide bonds. The first-order valence-corrected chi connectivity index (χ1v) is 11.0. The molecule has 4 rings (SSSR count). The van der Waals surface area contributed by atoms with Gasteiger partial charge in [-0.3, -0.25) is 4.99 Å². The Balaban J connectivity index is 1.95. The van der Waals surface area contributed by atoms with Crippen LogP contribution in [0.5, 0.6) is 0 Å². The minimum absolute atomic E-state index is 0.00259. The highest BCUT2D eigenvalue weighted by atomic mass is 32.2. The van der Waals surface area contributed by atoms with Gasteiger partial charge >= 0.3 is 0 Å². The van der Waals surface area contributed by atoms with Gasteiger partial charge in [-0.2, -0.15) is 0 Å². The van der Waals surface area contributed by atoms with E-state index < -0.39 is 0 Å². The average molecular weight is 377 g/mol. The van der Waals surface area contributed by atoms with E-state index in [2.05, 4.69) is 86.2 Å². The van der Waals surface area contributed by atoms with Gasteiger partial charge < -0.3 is 5.32 Å². The molecular weight excluding hydrogens is 348 g/mol. The van der Waals surface area contributed by atoms with E-state index >= 15 is 0 Å². The van der Waals surface area contributed by atoms with Gasteiger partial charge in [-0.05, 0) is 36.3 Å². The first kappa shape index (κ1) is 18.4. The Bertz CT molecular complexity index is 846. The van der Waals surface area contributed by atoms with Gasteiger partial charge in [0, 0.05) is 16.9 Å². The molecule has 140 valence electrons. The topological polar surface area (TPSA) is 24.4 Å². The fourth-order valence-corrected chi connectivity index (χ4v) is 5.76. The molecule has 2 atom stereocenters. The van der Waals surface area contributed by atoms with Crippen molar-refractivity contribution in [2.45, 2.75) is 45.1 Å². The van der Waals surface area contributed by atoms with Crippen molar-refractivity contribution in [3.05, 3.63) is 83.1 Å². The summed E-state index contributed by atoms with van der Waals surface area (Å²) in [5.41, 5.74) is 3.44. The summed E-state index contributed by atoms with van der Waals surface area (Å²) in [5, 5.41) is 3.29. The Labute approximate surface area is 167 Å². The minimum atomic E-state index is -0.269. The van der Waals surface area contributed by atoms with E-state index in [1.807, 2.05) is 11.8 Å². The van der Waals surface area contributed by atoms with Crippen LogP contribution >= 0.6 is 11.8 Å². The lowest BCUT2D eigenvalue weighted by Gasteiger charge is -2.38. The summed E-state index contributed by atoms with van der Waals surface area (Å²) in [5.74, 6) is 1.05. The Morgan fingerprint density at radius 2 is 2.04 bits per heavy atom. The number of thioether (sulfide) groups is 1. The van der Waals surface area contributed by atoms with Gasteiger partial charge in [0.25, 0.3) is 0 Å². The number of hydrogen-bond acceptors (Lipinski definition) is 3. The maximum Gasteiger partial charge on any atom is 0.0895 e. The Morgan fingerprint density at radius 3 is 2.81 bits per heavy atom. The third kappa shape index (κ3) is 3.12. The normalized spacial score (nSPS) is 28.9. The maximum atomic E-state index is 5.59. The molecule has 0 bridgehead atoms. The third-order valence-electron chi connectivity index (χ3n) is 5.96. The zero-order valence-corrected chi connectivity index (χ0v) is 17.1. The summed E-state index contributed by atoms with van der Waals surface area (Å²) in [7, 11) is 0. The lowest BCUT2D eigenvalue weighted by molar-refractivity contribution is 0.414. The molecule has 2 nitrogen and oxygen atoms in total. The lowest BCUT2D eigenvalue weighted by atomic mass is 9.70. The molecule has 3 heteroatoms. The summed E-state index contributed by atoms with van der Waals surface area (Å²) in [6.07, 6.45) is 17.9. The number of hydrogen-bond donors (Lipinski definition) is 1. The first-order chi connectivity index (χ1) is 13.2. The maximum absolute atomic E-state index is 5.59. The molecule has 0 saturated carbocycles. The summed E-state index contributed by atoms with van der Waals surface area (Å²) >= 11 is 2.00. The molecule has 0 fully saturated rings. The highest BCUT2D eigenvalue weighted by Crippen LogP contribution is 2.53. The van der Waals surface area contributed by atoms with E-state index in [-0.39, 0.29) is 11.0 Å². The lowest BCUT2D eigenvalue weighted by Crippen LogP contribution is -2.37. The van der Waals surface area contributed by atoms with Crippen molar-refractivity contribution in [2.24, 2.45) is 10.4 Å². The average Bonchev–Trinajstić information content (AvgIpc) is 2.87. The zero-order valence-electron chi connectivity index (χ0n) is 16.2. The van der Waals surface area contributed by atoms with Crippen molar-refractivity contribution in [3.8, 4) is 0 Å². The largest absolute Gasteiger partial charge is 0.368 e. The fourth-order valence-electron chi connectivity index (χ4n) is 4.24. The molecule has 0 aromatic heterocycles. The second-order valence-corrected chi connectivity index (χ2v) is 8.61. The number of nitrogens with zero attached hydrogens (tertiary/aromatic N) is 1. The van der Waals surface area contributed by atoms with E-state index in [4.69, 9.17) is 4.99 Å². The van der Waals surface area contributed by atoms with Gasteiger partial charge in [-0.15, -0.1) is 11.8 Å². The predicted molar refractivity (Wildman–Crippen MR) is 118 cm³/mol. The van der Waals surface area contributed by atoms with Crippen LogP contribution in [0.4, 0.5) is 0 Å². The molecule has 1 aromatic carbocycles. The van der Waals surface area contributed by atoms with Crippen LogP contribution in [-0.4, -0.2) is 17.0 Å². The van der Waals surface area contributed by atoms with Crippen LogP contribution in [0.1, 0.15) is 45.1 Å². The number of rotatable bonds is 5. The molecule has 2 heterocycles. The van der Waals surface area contributed by atoms with Crippen LogP contribution in [0.25, 0.3) is 0 Å². The highest BCUT2D eigenvalue weighted by Gasteiger charge is 2.47. The number of dihydropyridines is 1. The molecule has 1 N–H and O–H groups in total. The summed E-state index contributed by atoms with van der Waals surface area (Å²) < 4.78 is 0. The third-order valence-corrected chi connectivity index (χ3v) is 7.41. The molecule has 0 saturated heterocycles. The highest BCUT2D eigenvalue weighted by molar-refractivity contribution is 8.03. The molecule has 2 aliphatic heterocycles.